The monoisotopic (exact) mass is 684 g/mol. The summed E-state index contributed by atoms with van der Waals surface area (Å²) in [5.74, 6) is -0.226. The molecule has 2 nitrogen and oxygen atoms in total. The fraction of sp³-hybridized carbons (Fsp3) is 0. The summed E-state index contributed by atoms with van der Waals surface area (Å²) in [4.78, 5) is 0. The summed E-state index contributed by atoms with van der Waals surface area (Å²) in [5.41, 5.74) is 6.64. The van der Waals surface area contributed by atoms with Gasteiger partial charge in [-0.25, -0.2) is 4.39 Å². The summed E-state index contributed by atoms with van der Waals surface area (Å²) in [6.07, 6.45) is 0. The zero-order valence-corrected chi connectivity index (χ0v) is 29.3. The zero-order chi connectivity index (χ0) is 34.6. The van der Waals surface area contributed by atoms with Crippen LogP contribution in [0.4, 0.5) is 4.39 Å². The third kappa shape index (κ3) is 4.55. The standard InChI is InChI=1S/C48H33FN2Si/c49-34-24-30-47-43(32-34)41-20-10-12-22-45(41)51(47)36-25-27-39(28-26-36)52(37-16-6-2-7-17-37,38-18-8-3-9-19-38)40-29-31-48-44(33-40)42-21-11-13-23-46(42)50(48)35-14-4-1-5-15-35/h1-33H. The van der Waals surface area contributed by atoms with Crippen LogP contribution in [-0.2, 0) is 0 Å². The number of aromatic nitrogens is 2. The second kappa shape index (κ2) is 12.1. The van der Waals surface area contributed by atoms with Crippen molar-refractivity contribution in [3.8, 4) is 11.4 Å². The van der Waals surface area contributed by atoms with Crippen LogP contribution in [0, 0.1) is 5.82 Å². The first-order valence-electron chi connectivity index (χ1n) is 17.7. The Morgan fingerprint density at radius 3 is 1.29 bits per heavy atom. The van der Waals surface area contributed by atoms with E-state index in [0.717, 1.165) is 33.2 Å². The van der Waals surface area contributed by atoms with E-state index in [0.29, 0.717) is 0 Å². The van der Waals surface area contributed by atoms with Crippen LogP contribution in [-0.4, -0.2) is 17.2 Å². The van der Waals surface area contributed by atoms with E-state index < -0.39 is 8.07 Å². The lowest BCUT2D eigenvalue weighted by molar-refractivity contribution is 0.629. The maximum atomic E-state index is 14.5. The van der Waals surface area contributed by atoms with Crippen molar-refractivity contribution in [3.63, 3.8) is 0 Å². The number of hydrogen-bond donors (Lipinski definition) is 0. The van der Waals surface area contributed by atoms with Gasteiger partial charge >= 0.3 is 0 Å². The second-order valence-electron chi connectivity index (χ2n) is 13.5. The van der Waals surface area contributed by atoms with Crippen LogP contribution in [0.2, 0.25) is 0 Å². The molecule has 52 heavy (non-hydrogen) atoms. The van der Waals surface area contributed by atoms with Gasteiger partial charge in [-0.3, -0.25) is 0 Å². The normalized spacial score (nSPS) is 11.9. The molecular formula is C48H33FN2Si. The van der Waals surface area contributed by atoms with E-state index in [2.05, 4.69) is 185 Å². The fourth-order valence-electron chi connectivity index (χ4n) is 8.52. The highest BCUT2D eigenvalue weighted by Crippen LogP contribution is 2.34. The molecule has 2 aromatic heterocycles. The Labute approximate surface area is 302 Å². The van der Waals surface area contributed by atoms with Gasteiger partial charge in [0.25, 0.3) is 0 Å². The lowest BCUT2D eigenvalue weighted by Gasteiger charge is -2.34. The molecule has 8 aromatic carbocycles. The summed E-state index contributed by atoms with van der Waals surface area (Å²) in [7, 11) is -2.87. The van der Waals surface area contributed by atoms with Gasteiger partial charge in [0, 0.05) is 32.9 Å². The zero-order valence-electron chi connectivity index (χ0n) is 28.3. The first-order valence-corrected chi connectivity index (χ1v) is 19.7. The molecule has 0 N–H and O–H groups in total. The number of fused-ring (bicyclic) bond motifs is 6. The molecule has 0 spiro atoms. The number of para-hydroxylation sites is 3. The third-order valence-corrected chi connectivity index (χ3v) is 15.5. The first kappa shape index (κ1) is 30.3. The number of nitrogens with zero attached hydrogens (tertiary/aromatic N) is 2. The van der Waals surface area contributed by atoms with Crippen molar-refractivity contribution >= 4 is 72.4 Å². The van der Waals surface area contributed by atoms with Gasteiger partial charge in [0.15, 0.2) is 8.07 Å². The molecule has 0 aliphatic rings. The molecule has 10 aromatic rings. The fourth-order valence-corrected chi connectivity index (χ4v) is 13.3. The van der Waals surface area contributed by atoms with Gasteiger partial charge in [0.2, 0.25) is 0 Å². The summed E-state index contributed by atoms with van der Waals surface area (Å²) < 4.78 is 19.2. The van der Waals surface area contributed by atoms with Crippen molar-refractivity contribution in [1.29, 1.82) is 0 Å². The van der Waals surface area contributed by atoms with Crippen molar-refractivity contribution in [2.45, 2.75) is 0 Å². The third-order valence-electron chi connectivity index (χ3n) is 10.7. The van der Waals surface area contributed by atoms with E-state index in [4.69, 9.17) is 0 Å². The minimum Gasteiger partial charge on any atom is -0.309 e. The molecule has 246 valence electrons. The van der Waals surface area contributed by atoms with Gasteiger partial charge < -0.3 is 9.13 Å². The van der Waals surface area contributed by atoms with Crippen molar-refractivity contribution in [3.05, 3.63) is 206 Å². The van der Waals surface area contributed by atoms with Crippen LogP contribution < -0.4 is 20.7 Å². The molecule has 2 heterocycles. The molecule has 10 rings (SSSR count). The maximum Gasteiger partial charge on any atom is 0.179 e. The molecule has 0 bridgehead atoms. The SMILES string of the molecule is Fc1ccc2c(c1)c1ccccc1n2-c1ccc([Si](c2ccccc2)(c2ccccc2)c2ccc3c(c2)c2ccccc2n3-c2ccccc2)cc1. The highest BCUT2D eigenvalue weighted by atomic mass is 28.3. The van der Waals surface area contributed by atoms with E-state index in [-0.39, 0.29) is 5.82 Å². The summed E-state index contributed by atoms with van der Waals surface area (Å²) in [6, 6.07) is 71.3. The molecule has 0 fully saturated rings. The predicted molar refractivity (Wildman–Crippen MR) is 219 cm³/mol. The van der Waals surface area contributed by atoms with Gasteiger partial charge in [-0.1, -0.05) is 140 Å². The Kier molecular flexibility index (Phi) is 7.05. The average Bonchev–Trinajstić information content (AvgIpc) is 3.72. The molecule has 0 unspecified atom stereocenters. The van der Waals surface area contributed by atoms with Crippen LogP contribution in [0.1, 0.15) is 0 Å². The van der Waals surface area contributed by atoms with Crippen LogP contribution >= 0.6 is 0 Å². The molecule has 0 amide bonds. The summed E-state index contributed by atoms with van der Waals surface area (Å²) >= 11 is 0. The van der Waals surface area contributed by atoms with Gasteiger partial charge in [-0.15, -0.1) is 0 Å². The predicted octanol–water partition coefficient (Wildman–Crippen LogP) is 9.40. The highest BCUT2D eigenvalue weighted by Gasteiger charge is 2.41. The first-order chi connectivity index (χ1) is 25.7. The van der Waals surface area contributed by atoms with E-state index in [1.807, 2.05) is 12.1 Å². The summed E-state index contributed by atoms with van der Waals surface area (Å²) in [5, 5.41) is 9.72. The van der Waals surface area contributed by atoms with Crippen LogP contribution in [0.3, 0.4) is 0 Å². The van der Waals surface area contributed by atoms with E-state index in [1.54, 1.807) is 12.1 Å². The van der Waals surface area contributed by atoms with Crippen LogP contribution in [0.15, 0.2) is 200 Å². The second-order valence-corrected chi connectivity index (χ2v) is 17.3. The van der Waals surface area contributed by atoms with Crippen molar-refractivity contribution in [1.82, 2.24) is 9.13 Å². The van der Waals surface area contributed by atoms with Gasteiger partial charge in [-0.2, -0.15) is 0 Å². The van der Waals surface area contributed by atoms with Gasteiger partial charge in [0.05, 0.1) is 22.1 Å². The highest BCUT2D eigenvalue weighted by molar-refractivity contribution is 7.20. The molecule has 0 saturated carbocycles. The topological polar surface area (TPSA) is 9.86 Å². The number of benzene rings is 8. The molecular weight excluding hydrogens is 652 g/mol. The number of halogens is 1. The Morgan fingerprint density at radius 2 is 0.712 bits per heavy atom. The molecule has 0 radical (unpaired) electrons. The number of hydrogen-bond acceptors (Lipinski definition) is 0. The largest absolute Gasteiger partial charge is 0.309 e. The van der Waals surface area contributed by atoms with Gasteiger partial charge in [-0.05, 0) is 81.4 Å². The van der Waals surface area contributed by atoms with E-state index >= 15 is 0 Å². The molecule has 4 heteroatoms. The van der Waals surface area contributed by atoms with Crippen molar-refractivity contribution in [2.24, 2.45) is 0 Å². The number of rotatable bonds is 6. The minimum atomic E-state index is -2.87. The van der Waals surface area contributed by atoms with E-state index in [1.165, 1.54) is 42.6 Å². The van der Waals surface area contributed by atoms with Gasteiger partial charge in [0.1, 0.15) is 5.82 Å². The maximum absolute atomic E-state index is 14.5. The smallest absolute Gasteiger partial charge is 0.179 e. The lowest BCUT2D eigenvalue weighted by atomic mass is 10.1. The molecule has 0 saturated heterocycles. The summed E-state index contributed by atoms with van der Waals surface area (Å²) in [6.45, 7) is 0. The molecule has 0 aliphatic carbocycles. The molecule has 0 atom stereocenters. The quantitative estimate of drug-likeness (QED) is 0.122. The average molecular weight is 685 g/mol. The minimum absolute atomic E-state index is 0.226. The van der Waals surface area contributed by atoms with Crippen LogP contribution in [0.5, 0.6) is 0 Å². The van der Waals surface area contributed by atoms with Crippen molar-refractivity contribution < 1.29 is 4.39 Å². The van der Waals surface area contributed by atoms with E-state index in [9.17, 15) is 4.39 Å². The van der Waals surface area contributed by atoms with Crippen molar-refractivity contribution in [2.75, 3.05) is 0 Å². The van der Waals surface area contributed by atoms with Crippen LogP contribution in [0.25, 0.3) is 55.0 Å². The Bertz CT molecular complexity index is 2850. The Hall–Kier alpha value is -6.49. The Balaban J connectivity index is 1.25. The Morgan fingerprint density at radius 1 is 0.308 bits per heavy atom. The molecule has 0 aliphatic heterocycles. The lowest BCUT2D eigenvalue weighted by Crippen LogP contribution is -2.74.